The number of hydrogen-bond acceptors (Lipinski definition) is 4. The molecule has 0 saturated carbocycles. The summed E-state index contributed by atoms with van der Waals surface area (Å²) < 4.78 is 0. The van der Waals surface area contributed by atoms with Gasteiger partial charge in [-0.05, 0) is 38.8 Å². The van der Waals surface area contributed by atoms with Gasteiger partial charge < -0.3 is 20.3 Å². The molecule has 1 aliphatic heterocycles. The number of benzene rings is 1. The van der Waals surface area contributed by atoms with E-state index in [4.69, 9.17) is 5.11 Å². The van der Waals surface area contributed by atoms with Crippen molar-refractivity contribution in [2.24, 2.45) is 5.92 Å². The van der Waals surface area contributed by atoms with Crippen LogP contribution in [-0.2, 0) is 9.59 Å². The molecule has 8 heteroatoms. The highest BCUT2D eigenvalue weighted by atomic mass is 16.4. The highest BCUT2D eigenvalue weighted by Gasteiger charge is 2.30. The highest BCUT2D eigenvalue weighted by Crippen LogP contribution is 2.27. The average Bonchev–Trinajstić information content (AvgIpc) is 3.12. The largest absolute Gasteiger partial charge is 0.481 e. The van der Waals surface area contributed by atoms with Gasteiger partial charge in [-0.3, -0.25) is 14.4 Å². The Balaban J connectivity index is 1.49. The third kappa shape index (κ3) is 3.60. The van der Waals surface area contributed by atoms with E-state index in [-0.39, 0.29) is 11.6 Å². The summed E-state index contributed by atoms with van der Waals surface area (Å²) in [6.07, 6.45) is 0.861. The molecule has 0 aliphatic carbocycles. The number of aromatic amines is 1. The fraction of sp³-hybridized carbons (Fsp3) is 0.364. The zero-order chi connectivity index (χ0) is 21.4. The van der Waals surface area contributed by atoms with Gasteiger partial charge in [-0.25, -0.2) is 4.98 Å². The Morgan fingerprint density at radius 2 is 1.90 bits per heavy atom. The molecule has 1 aliphatic rings. The van der Waals surface area contributed by atoms with Crippen LogP contribution in [0.5, 0.6) is 0 Å². The van der Waals surface area contributed by atoms with E-state index in [1.54, 1.807) is 17.9 Å². The van der Waals surface area contributed by atoms with Gasteiger partial charge >= 0.3 is 5.97 Å². The Bertz CT molecular complexity index is 1140. The number of carboxylic acid groups (broad SMARTS) is 1. The summed E-state index contributed by atoms with van der Waals surface area (Å²) >= 11 is 0. The molecule has 30 heavy (non-hydrogen) atoms. The summed E-state index contributed by atoms with van der Waals surface area (Å²) in [5, 5.41) is 13.8. The third-order valence-electron chi connectivity index (χ3n) is 5.78. The highest BCUT2D eigenvalue weighted by molar-refractivity contribution is 6.10. The zero-order valence-corrected chi connectivity index (χ0v) is 16.9. The minimum atomic E-state index is -0.822. The number of rotatable bonds is 4. The second kappa shape index (κ2) is 7.78. The number of para-hydroxylation sites is 1. The fourth-order valence-corrected chi connectivity index (χ4v) is 4.07. The van der Waals surface area contributed by atoms with Crippen molar-refractivity contribution in [1.82, 2.24) is 20.2 Å². The Hall–Kier alpha value is -3.42. The predicted molar refractivity (Wildman–Crippen MR) is 112 cm³/mol. The number of hydrogen-bond donors (Lipinski definition) is 3. The molecule has 2 aromatic heterocycles. The van der Waals surface area contributed by atoms with Gasteiger partial charge in [0.05, 0.1) is 17.1 Å². The number of carbonyl (C=O) groups excluding carboxylic acids is 2. The molecule has 0 spiro atoms. The van der Waals surface area contributed by atoms with Crippen molar-refractivity contribution in [2.45, 2.75) is 32.7 Å². The lowest BCUT2D eigenvalue weighted by Gasteiger charge is -2.32. The molecule has 8 nitrogen and oxygen atoms in total. The summed E-state index contributed by atoms with van der Waals surface area (Å²) in [4.78, 5) is 45.9. The van der Waals surface area contributed by atoms with Crippen LogP contribution in [0.15, 0.2) is 30.3 Å². The first-order valence-electron chi connectivity index (χ1n) is 10.1. The summed E-state index contributed by atoms with van der Waals surface area (Å²) in [5.74, 6) is -1.85. The second-order valence-corrected chi connectivity index (χ2v) is 7.82. The Morgan fingerprint density at radius 1 is 1.20 bits per heavy atom. The Labute approximate surface area is 173 Å². The molecule has 3 heterocycles. The van der Waals surface area contributed by atoms with Crippen LogP contribution in [0.2, 0.25) is 0 Å². The molecular weight excluding hydrogens is 384 g/mol. The summed E-state index contributed by atoms with van der Waals surface area (Å²) in [6, 6.07) is 8.87. The molecule has 0 bridgehead atoms. The van der Waals surface area contributed by atoms with E-state index in [0.717, 1.165) is 21.8 Å². The number of fused-ring (bicyclic) bond motifs is 3. The third-order valence-corrected chi connectivity index (χ3v) is 5.78. The van der Waals surface area contributed by atoms with Gasteiger partial charge in [0.15, 0.2) is 0 Å². The number of likely N-dealkylation sites (tertiary alicyclic amines) is 1. The molecular formula is C22H24N4O4. The number of pyridine rings is 1. The Morgan fingerprint density at radius 3 is 2.60 bits per heavy atom. The molecule has 2 amide bonds. The summed E-state index contributed by atoms with van der Waals surface area (Å²) in [7, 11) is 0. The molecule has 1 saturated heterocycles. The smallest absolute Gasteiger partial charge is 0.306 e. The normalized spacial score (nSPS) is 16.0. The number of nitrogens with one attached hydrogen (secondary N) is 2. The summed E-state index contributed by atoms with van der Waals surface area (Å²) in [5.41, 5.74) is 2.83. The van der Waals surface area contributed by atoms with E-state index in [1.807, 2.05) is 31.2 Å². The quantitative estimate of drug-likeness (QED) is 0.613. The van der Waals surface area contributed by atoms with Crippen LogP contribution in [0.1, 0.15) is 35.9 Å². The fourth-order valence-electron chi connectivity index (χ4n) is 4.07. The lowest BCUT2D eigenvalue weighted by molar-refractivity contribution is -0.146. The Kier molecular flexibility index (Phi) is 5.15. The standard InChI is InChI=1S/C22H24N4O4/c1-12-19-16(15-5-3-4-6-17(15)25-19)11-18(23-12)20(27)24-13(2)21(28)26-9-7-14(8-10-26)22(29)30/h3-6,11,13-14,25H,7-10H2,1-2H3,(H,24,27)(H,29,30). The number of H-pyrrole nitrogens is 1. The SMILES string of the molecule is Cc1nc(C(=O)NC(C)C(=O)N2CCC(C(=O)O)CC2)cc2c1[nH]c1ccccc12. The van der Waals surface area contributed by atoms with Crippen LogP contribution < -0.4 is 5.32 Å². The number of nitrogens with zero attached hydrogens (tertiary/aromatic N) is 2. The average molecular weight is 408 g/mol. The number of aliphatic carboxylic acids is 1. The van der Waals surface area contributed by atoms with Gasteiger partial charge in [0, 0.05) is 29.4 Å². The number of aromatic nitrogens is 2. The van der Waals surface area contributed by atoms with E-state index in [0.29, 0.717) is 31.6 Å². The minimum Gasteiger partial charge on any atom is -0.481 e. The van der Waals surface area contributed by atoms with Crippen LogP contribution in [0.3, 0.4) is 0 Å². The lowest BCUT2D eigenvalue weighted by atomic mass is 9.97. The molecule has 4 rings (SSSR count). The first kappa shape index (κ1) is 19.9. The molecule has 1 fully saturated rings. The van der Waals surface area contributed by atoms with Gasteiger partial charge in [-0.1, -0.05) is 18.2 Å². The van der Waals surface area contributed by atoms with Crippen LogP contribution in [0, 0.1) is 12.8 Å². The van der Waals surface area contributed by atoms with E-state index >= 15 is 0 Å². The monoisotopic (exact) mass is 408 g/mol. The number of piperidine rings is 1. The van der Waals surface area contributed by atoms with Crippen molar-refractivity contribution in [3.63, 3.8) is 0 Å². The molecule has 1 unspecified atom stereocenters. The first-order chi connectivity index (χ1) is 14.3. The second-order valence-electron chi connectivity index (χ2n) is 7.82. The number of carbonyl (C=O) groups is 3. The first-order valence-corrected chi connectivity index (χ1v) is 10.1. The van der Waals surface area contributed by atoms with Crippen molar-refractivity contribution in [3.8, 4) is 0 Å². The van der Waals surface area contributed by atoms with E-state index in [9.17, 15) is 14.4 Å². The number of amides is 2. The summed E-state index contributed by atoms with van der Waals surface area (Å²) in [6.45, 7) is 4.25. The topological polar surface area (TPSA) is 115 Å². The van der Waals surface area contributed by atoms with Crippen molar-refractivity contribution in [2.75, 3.05) is 13.1 Å². The van der Waals surface area contributed by atoms with Gasteiger partial charge in [0.2, 0.25) is 5.91 Å². The van der Waals surface area contributed by atoms with Crippen LogP contribution in [0.25, 0.3) is 21.8 Å². The van der Waals surface area contributed by atoms with Gasteiger partial charge in [-0.15, -0.1) is 0 Å². The van der Waals surface area contributed by atoms with Crippen molar-refractivity contribution >= 4 is 39.6 Å². The van der Waals surface area contributed by atoms with Crippen LogP contribution in [0.4, 0.5) is 0 Å². The van der Waals surface area contributed by atoms with E-state index in [2.05, 4.69) is 15.3 Å². The van der Waals surface area contributed by atoms with Crippen LogP contribution in [-0.4, -0.2) is 56.9 Å². The van der Waals surface area contributed by atoms with Crippen molar-refractivity contribution < 1.29 is 19.5 Å². The minimum absolute atomic E-state index is 0.211. The predicted octanol–water partition coefficient (Wildman–Crippen LogP) is 2.47. The van der Waals surface area contributed by atoms with Crippen molar-refractivity contribution in [3.05, 3.63) is 41.7 Å². The molecule has 3 N–H and O–H groups in total. The maximum absolute atomic E-state index is 12.8. The van der Waals surface area contributed by atoms with Gasteiger partial charge in [0.25, 0.3) is 5.91 Å². The zero-order valence-electron chi connectivity index (χ0n) is 16.9. The van der Waals surface area contributed by atoms with Crippen molar-refractivity contribution in [1.29, 1.82) is 0 Å². The lowest BCUT2D eigenvalue weighted by Crippen LogP contribution is -2.50. The molecule has 156 valence electrons. The van der Waals surface area contributed by atoms with E-state index < -0.39 is 23.8 Å². The van der Waals surface area contributed by atoms with Gasteiger partial charge in [-0.2, -0.15) is 0 Å². The molecule has 3 aromatic rings. The number of aryl methyl sites for hydroxylation is 1. The molecule has 1 atom stereocenters. The number of carboxylic acids is 1. The molecule has 0 radical (unpaired) electrons. The van der Waals surface area contributed by atoms with E-state index in [1.165, 1.54) is 0 Å². The van der Waals surface area contributed by atoms with Crippen LogP contribution >= 0.6 is 0 Å². The maximum Gasteiger partial charge on any atom is 0.306 e. The van der Waals surface area contributed by atoms with Gasteiger partial charge in [0.1, 0.15) is 11.7 Å². The molecule has 1 aromatic carbocycles. The maximum atomic E-state index is 12.8.